The number of amides is 2. The molecule has 1 aromatic carbocycles. The number of hydrogen-bond donors (Lipinski definition) is 1. The third kappa shape index (κ3) is 4.74. The fourth-order valence-corrected chi connectivity index (χ4v) is 6.03. The summed E-state index contributed by atoms with van der Waals surface area (Å²) in [5.74, 6) is 1.21. The maximum atomic E-state index is 13.6. The van der Waals surface area contributed by atoms with Crippen LogP contribution in [0.2, 0.25) is 0 Å². The number of hydrogen-bond acceptors (Lipinski definition) is 5. The lowest BCUT2D eigenvalue weighted by atomic mass is 10.0. The molecule has 2 aromatic heterocycles. The maximum absolute atomic E-state index is 13.6. The molecule has 1 N–H and O–H groups in total. The van der Waals surface area contributed by atoms with E-state index in [1.54, 1.807) is 16.2 Å². The topological polar surface area (TPSA) is 76.5 Å². The molecule has 0 spiro atoms. The third-order valence-corrected chi connectivity index (χ3v) is 7.87. The van der Waals surface area contributed by atoms with Crippen LogP contribution in [0.4, 0.5) is 5.69 Å². The average Bonchev–Trinajstić information content (AvgIpc) is 3.61. The number of anilines is 1. The van der Waals surface area contributed by atoms with Crippen LogP contribution < -0.4 is 5.32 Å². The van der Waals surface area contributed by atoms with Crippen LogP contribution in [0.1, 0.15) is 72.1 Å². The van der Waals surface area contributed by atoms with Crippen LogP contribution in [0.25, 0.3) is 11.0 Å². The summed E-state index contributed by atoms with van der Waals surface area (Å²) in [6.07, 6.45) is 7.05. The Bertz CT molecular complexity index is 1170. The molecule has 3 aromatic rings. The zero-order chi connectivity index (χ0) is 23.7. The zero-order valence-corrected chi connectivity index (χ0v) is 20.7. The van der Waals surface area contributed by atoms with Gasteiger partial charge < -0.3 is 19.5 Å². The number of imidazole rings is 1. The molecule has 3 heterocycles. The van der Waals surface area contributed by atoms with Crippen LogP contribution in [-0.2, 0) is 23.1 Å². The van der Waals surface area contributed by atoms with E-state index in [4.69, 9.17) is 9.72 Å². The molecule has 1 saturated carbocycles. The number of benzene rings is 1. The Balaban J connectivity index is 1.48. The third-order valence-electron chi connectivity index (χ3n) is 7.00. The van der Waals surface area contributed by atoms with E-state index in [2.05, 4.69) is 5.32 Å². The minimum absolute atomic E-state index is 0.00636. The van der Waals surface area contributed by atoms with E-state index in [-0.39, 0.29) is 17.9 Å². The van der Waals surface area contributed by atoms with Gasteiger partial charge in [-0.2, -0.15) is 0 Å². The first-order valence-electron chi connectivity index (χ1n) is 12.2. The van der Waals surface area contributed by atoms with Gasteiger partial charge in [0.2, 0.25) is 5.91 Å². The lowest BCUT2D eigenvalue weighted by Crippen LogP contribution is -2.26. The number of carbonyl (C=O) groups is 2. The molecule has 2 fully saturated rings. The summed E-state index contributed by atoms with van der Waals surface area (Å²) in [6.45, 7) is 1.26. The summed E-state index contributed by atoms with van der Waals surface area (Å²) in [6, 6.07) is 7.72. The van der Waals surface area contributed by atoms with Gasteiger partial charge in [-0.25, -0.2) is 4.98 Å². The van der Waals surface area contributed by atoms with Crippen molar-refractivity contribution in [1.29, 1.82) is 0 Å². The molecule has 34 heavy (non-hydrogen) atoms. The Morgan fingerprint density at radius 3 is 2.76 bits per heavy atom. The Morgan fingerprint density at radius 1 is 1.24 bits per heavy atom. The largest absolute Gasteiger partial charge is 0.370 e. The molecule has 1 aliphatic heterocycles. The van der Waals surface area contributed by atoms with Gasteiger partial charge in [0.05, 0.1) is 23.1 Å². The highest BCUT2D eigenvalue weighted by molar-refractivity contribution is 7.09. The van der Waals surface area contributed by atoms with Gasteiger partial charge >= 0.3 is 0 Å². The second-order valence-corrected chi connectivity index (χ2v) is 10.6. The Kier molecular flexibility index (Phi) is 6.70. The number of aromatic nitrogens is 2. The van der Waals surface area contributed by atoms with Crippen molar-refractivity contribution in [2.75, 3.05) is 19.0 Å². The summed E-state index contributed by atoms with van der Waals surface area (Å²) in [5, 5.41) is 5.07. The molecular weight excluding hydrogens is 448 g/mol. The molecule has 0 radical (unpaired) electrons. The molecule has 5 rings (SSSR count). The summed E-state index contributed by atoms with van der Waals surface area (Å²) < 4.78 is 7.88. The molecule has 8 heteroatoms. The highest BCUT2D eigenvalue weighted by Gasteiger charge is 2.27. The van der Waals surface area contributed by atoms with Crippen molar-refractivity contribution in [2.45, 2.75) is 57.6 Å². The highest BCUT2D eigenvalue weighted by Crippen LogP contribution is 2.33. The molecule has 2 amide bonds. The van der Waals surface area contributed by atoms with Crippen LogP contribution in [0, 0.1) is 5.92 Å². The van der Waals surface area contributed by atoms with E-state index in [0.29, 0.717) is 35.7 Å². The fourth-order valence-electron chi connectivity index (χ4n) is 5.28. The zero-order valence-electron chi connectivity index (χ0n) is 19.9. The predicted molar refractivity (Wildman–Crippen MR) is 134 cm³/mol. The Morgan fingerprint density at radius 2 is 2.06 bits per heavy atom. The van der Waals surface area contributed by atoms with Crippen LogP contribution >= 0.6 is 11.3 Å². The molecule has 180 valence electrons. The molecule has 7 nitrogen and oxygen atoms in total. The van der Waals surface area contributed by atoms with Crippen molar-refractivity contribution < 1.29 is 14.3 Å². The molecule has 1 unspecified atom stereocenters. The van der Waals surface area contributed by atoms with Gasteiger partial charge in [0.1, 0.15) is 11.9 Å². The number of thiophene rings is 1. The standard InChI is InChI=1S/C26H32N4O3S/c1-29(16-19-9-6-12-34-19)26(32)20-14-18(27-23(31)13-17-7-3-4-8-17)15-21-24(20)30(2)25(28-21)22-10-5-11-33-22/h6,9,12,14-15,17,22H,3-5,7-8,10-11,13,16H2,1-2H3,(H,27,31). The first kappa shape index (κ1) is 23.1. The summed E-state index contributed by atoms with van der Waals surface area (Å²) in [5.41, 5.74) is 2.66. The average molecular weight is 481 g/mol. The Labute approximate surface area is 204 Å². The molecule has 1 aliphatic carbocycles. The first-order valence-corrected chi connectivity index (χ1v) is 13.1. The number of nitrogens with one attached hydrogen (secondary N) is 1. The van der Waals surface area contributed by atoms with Crippen molar-refractivity contribution in [1.82, 2.24) is 14.5 Å². The van der Waals surface area contributed by atoms with Crippen LogP contribution in [-0.4, -0.2) is 39.9 Å². The smallest absolute Gasteiger partial charge is 0.256 e. The summed E-state index contributed by atoms with van der Waals surface area (Å²) >= 11 is 1.63. The van der Waals surface area contributed by atoms with E-state index in [1.165, 1.54) is 12.8 Å². The molecule has 0 bridgehead atoms. The van der Waals surface area contributed by atoms with Crippen LogP contribution in [0.5, 0.6) is 0 Å². The normalized spacial score (nSPS) is 18.6. The lowest BCUT2D eigenvalue weighted by molar-refractivity contribution is -0.117. The van der Waals surface area contributed by atoms with E-state index < -0.39 is 0 Å². The summed E-state index contributed by atoms with van der Waals surface area (Å²) in [7, 11) is 3.76. The first-order chi connectivity index (χ1) is 16.5. The quantitative estimate of drug-likeness (QED) is 0.499. The van der Waals surface area contributed by atoms with Crippen LogP contribution in [0.15, 0.2) is 29.6 Å². The lowest BCUT2D eigenvalue weighted by Gasteiger charge is -2.18. The van der Waals surface area contributed by atoms with Crippen molar-refractivity contribution in [3.05, 3.63) is 45.9 Å². The minimum atomic E-state index is -0.0906. The SMILES string of the molecule is CN(Cc1cccs1)C(=O)c1cc(NC(=O)CC2CCCC2)cc2nc(C3CCCO3)n(C)c12. The van der Waals surface area contributed by atoms with Gasteiger partial charge in [-0.1, -0.05) is 18.9 Å². The second kappa shape index (κ2) is 9.88. The van der Waals surface area contributed by atoms with Crippen LogP contribution in [0.3, 0.4) is 0 Å². The monoisotopic (exact) mass is 480 g/mol. The van der Waals surface area contributed by atoms with Gasteiger partial charge in [-0.3, -0.25) is 9.59 Å². The predicted octanol–water partition coefficient (Wildman–Crippen LogP) is 5.28. The van der Waals surface area contributed by atoms with E-state index in [1.807, 2.05) is 48.3 Å². The fraction of sp³-hybridized carbons (Fsp3) is 0.500. The minimum Gasteiger partial charge on any atom is -0.370 e. The molecule has 2 aliphatic rings. The van der Waals surface area contributed by atoms with Crippen molar-refractivity contribution in [2.24, 2.45) is 13.0 Å². The molecule has 1 atom stereocenters. The number of nitrogens with zero attached hydrogens (tertiary/aromatic N) is 3. The number of ether oxygens (including phenoxy) is 1. The van der Waals surface area contributed by atoms with E-state index in [9.17, 15) is 9.59 Å². The van der Waals surface area contributed by atoms with Gasteiger partial charge in [0.25, 0.3) is 5.91 Å². The van der Waals surface area contributed by atoms with E-state index >= 15 is 0 Å². The maximum Gasteiger partial charge on any atom is 0.256 e. The van der Waals surface area contributed by atoms with Gasteiger partial charge in [-0.15, -0.1) is 11.3 Å². The summed E-state index contributed by atoms with van der Waals surface area (Å²) in [4.78, 5) is 34.1. The molecule has 1 saturated heterocycles. The van der Waals surface area contributed by atoms with Crippen molar-refractivity contribution >= 4 is 39.9 Å². The van der Waals surface area contributed by atoms with Gasteiger partial charge in [0, 0.05) is 37.7 Å². The Hall–Kier alpha value is -2.71. The van der Waals surface area contributed by atoms with Gasteiger partial charge in [0.15, 0.2) is 0 Å². The highest BCUT2D eigenvalue weighted by atomic mass is 32.1. The van der Waals surface area contributed by atoms with Crippen molar-refractivity contribution in [3.8, 4) is 0 Å². The molecular formula is C26H32N4O3S. The second-order valence-electron chi connectivity index (χ2n) is 9.57. The number of carbonyl (C=O) groups excluding carboxylic acids is 2. The number of aryl methyl sites for hydroxylation is 1. The number of fused-ring (bicyclic) bond motifs is 1. The van der Waals surface area contributed by atoms with E-state index in [0.717, 1.165) is 48.5 Å². The van der Waals surface area contributed by atoms with Crippen molar-refractivity contribution in [3.63, 3.8) is 0 Å². The number of rotatable bonds is 7. The van der Waals surface area contributed by atoms with Gasteiger partial charge in [-0.05, 0) is 55.2 Å².